The number of pyridine rings is 1. The second-order valence-corrected chi connectivity index (χ2v) is 25.0. The Balaban J connectivity index is 0.726. The Morgan fingerprint density at radius 1 is 0.505 bits per heavy atom. The lowest BCUT2D eigenvalue weighted by Gasteiger charge is -2.39. The van der Waals surface area contributed by atoms with Crippen molar-refractivity contribution in [3.8, 4) is 17.2 Å². The van der Waals surface area contributed by atoms with Crippen molar-refractivity contribution in [2.45, 2.75) is 73.2 Å². The molecule has 0 unspecified atom stereocenters. The van der Waals surface area contributed by atoms with Crippen LogP contribution in [0.1, 0.15) is 55.1 Å². The van der Waals surface area contributed by atoms with Gasteiger partial charge >= 0.3 is 0 Å². The van der Waals surface area contributed by atoms with Gasteiger partial charge in [0, 0.05) is 83.9 Å². The zero-order valence-corrected chi connectivity index (χ0v) is 57.8. The van der Waals surface area contributed by atoms with Crippen molar-refractivity contribution in [2.75, 3.05) is 154 Å². The van der Waals surface area contributed by atoms with E-state index in [9.17, 15) is 60.0 Å². The van der Waals surface area contributed by atoms with Crippen LogP contribution in [0.25, 0.3) is 33.7 Å². The van der Waals surface area contributed by atoms with Gasteiger partial charge in [-0.25, -0.2) is 4.98 Å². The lowest BCUT2D eigenvalue weighted by molar-refractivity contribution is -0.277. The SMILES string of the molecule is O=Cc1cccc(C(=O)NCCOCCOCCOCCOCCOCCOCCOCCOc2cc(/C=C/C(=O)N3C[C@@H](CCl)c4c3cc(O[C@@H]3O[C@H](CO)[C@@H](O)[C@H](O)[C@H]3O)c3ccccc43)ccc2/C=C/C(=O)N2C[C@@H](CCl)c3c2cc(O[C@@H]2O[C@H](CO)[C@@H](O)[C@H](O)[C@H]2O)c2ccccc32)n1. The lowest BCUT2D eigenvalue weighted by atomic mass is 9.95. The maximum atomic E-state index is 14.6. The molecule has 0 radical (unpaired) electrons. The molecule has 0 saturated carbocycles. The molecule has 12 atom stereocenters. The van der Waals surface area contributed by atoms with Crippen molar-refractivity contribution in [1.29, 1.82) is 0 Å². The summed E-state index contributed by atoms with van der Waals surface area (Å²) < 4.78 is 69.5. The van der Waals surface area contributed by atoms with Gasteiger partial charge < -0.3 is 113 Å². The van der Waals surface area contributed by atoms with Gasteiger partial charge in [-0.3, -0.25) is 19.2 Å². The molecule has 3 amide bonds. The minimum atomic E-state index is -1.70. The number of aliphatic hydroxyl groups is 8. The third kappa shape index (κ3) is 20.0. The number of hydrogen-bond donors (Lipinski definition) is 9. The Bertz CT molecular complexity index is 3850. The number of hydrogen-bond acceptors (Lipinski definition) is 25. The molecule has 5 aromatic carbocycles. The number of aromatic nitrogens is 1. The Kier molecular flexibility index (Phi) is 29.7. The maximum Gasteiger partial charge on any atom is 0.269 e. The molecule has 30 heteroatoms. The first-order valence-corrected chi connectivity index (χ1v) is 34.9. The van der Waals surface area contributed by atoms with Crippen molar-refractivity contribution in [2.24, 2.45) is 0 Å². The minimum Gasteiger partial charge on any atom is -0.491 e. The molecule has 556 valence electrons. The average molecular weight is 1470 g/mol. The van der Waals surface area contributed by atoms with Crippen LogP contribution >= 0.6 is 23.2 Å². The van der Waals surface area contributed by atoms with E-state index in [1.165, 1.54) is 24.3 Å². The number of carbonyl (C=O) groups is 4. The fraction of sp³-hybridized carbons (Fsp3) is 0.466. The highest BCUT2D eigenvalue weighted by molar-refractivity contribution is 6.20. The molecular formula is C73H86Cl2N4O24. The van der Waals surface area contributed by atoms with Gasteiger partial charge in [0.1, 0.15) is 84.1 Å². The second kappa shape index (κ2) is 39.1. The molecule has 4 aliphatic rings. The molecule has 5 heterocycles. The first-order valence-electron chi connectivity index (χ1n) is 33.8. The van der Waals surface area contributed by atoms with Crippen LogP contribution in [0, 0.1) is 0 Å². The topological polar surface area (TPSA) is 372 Å². The summed E-state index contributed by atoms with van der Waals surface area (Å²) in [5.74, 6) is -0.776. The first-order chi connectivity index (χ1) is 50.2. The monoisotopic (exact) mass is 1470 g/mol. The van der Waals surface area contributed by atoms with Crippen LogP contribution in [0.15, 0.2) is 109 Å². The summed E-state index contributed by atoms with van der Waals surface area (Å²) in [4.78, 5) is 59.1. The highest BCUT2D eigenvalue weighted by Crippen LogP contribution is 2.48. The van der Waals surface area contributed by atoms with Crippen LogP contribution in [0.4, 0.5) is 11.4 Å². The quantitative estimate of drug-likeness (QED) is 0.0116. The zero-order chi connectivity index (χ0) is 72.8. The summed E-state index contributed by atoms with van der Waals surface area (Å²) in [6, 6.07) is 27.7. The molecule has 103 heavy (non-hydrogen) atoms. The van der Waals surface area contributed by atoms with Crippen LogP contribution in [0.5, 0.6) is 17.2 Å². The van der Waals surface area contributed by atoms with E-state index < -0.39 is 92.3 Å². The summed E-state index contributed by atoms with van der Waals surface area (Å²) in [7, 11) is 0. The highest BCUT2D eigenvalue weighted by atomic mass is 35.5. The molecule has 10 rings (SSSR count). The number of halogens is 2. The Hall–Kier alpha value is -7.37. The van der Waals surface area contributed by atoms with E-state index in [2.05, 4.69) is 10.3 Å². The number of aliphatic hydroxyl groups excluding tert-OH is 8. The summed E-state index contributed by atoms with van der Waals surface area (Å²) in [5.41, 5.74) is 3.91. The largest absolute Gasteiger partial charge is 0.491 e. The fourth-order valence-electron chi connectivity index (χ4n) is 12.3. The number of rotatable bonds is 39. The Morgan fingerprint density at radius 2 is 0.942 bits per heavy atom. The molecule has 4 aliphatic heterocycles. The van der Waals surface area contributed by atoms with E-state index in [1.54, 1.807) is 82.6 Å². The van der Waals surface area contributed by atoms with E-state index in [0.717, 1.165) is 16.5 Å². The molecule has 28 nitrogen and oxygen atoms in total. The smallest absolute Gasteiger partial charge is 0.269 e. The van der Waals surface area contributed by atoms with Crippen LogP contribution in [-0.4, -0.2) is 275 Å². The minimum absolute atomic E-state index is 0.0673. The number of benzene rings is 5. The van der Waals surface area contributed by atoms with Gasteiger partial charge in [0.05, 0.1) is 117 Å². The van der Waals surface area contributed by atoms with Crippen molar-refractivity contribution in [3.63, 3.8) is 0 Å². The lowest BCUT2D eigenvalue weighted by Crippen LogP contribution is -2.60. The number of carbonyl (C=O) groups excluding carboxylic acids is 4. The predicted octanol–water partition coefficient (Wildman–Crippen LogP) is 3.25. The highest BCUT2D eigenvalue weighted by Gasteiger charge is 2.47. The van der Waals surface area contributed by atoms with E-state index in [0.29, 0.717) is 117 Å². The standard InChI is InChI=1S/C73H86Cl2N4O24/c74-37-46-39-78(54-35-57(49-7-1-3-9-51(49)63(46)54)100-72-69(89)67(87)65(85)59(42-81)102-72)61(83)16-13-44-12-14-45(15-17-62(84)79-40-47(38-75)64-52-10-4-2-8-50(52)58(36-55(64)79)101-73-70(90)68(88)66(86)60(43-82)103-73)56(34-44)99-33-32-98-31-30-97-29-28-96-27-26-95-25-24-94-23-22-93-21-20-92-19-18-76-71(91)53-11-5-6-48(41-80)77-53/h1-17,34-36,41,46-47,59-60,65-70,72-73,81-82,85-90H,18-33,37-40,42-43H2,(H,76,91)/b16-13+,17-15+/t46-,47-,59-,60-,65-,66-,67+,68+,69-,70-,72-,73-/m1/s1. The fourth-order valence-corrected chi connectivity index (χ4v) is 12.8. The van der Waals surface area contributed by atoms with Crippen LogP contribution in [-0.2, 0) is 52.2 Å². The first kappa shape index (κ1) is 78.2. The number of fused-ring (bicyclic) bond motifs is 6. The summed E-state index contributed by atoms with van der Waals surface area (Å²) in [5, 5.41) is 89.0. The normalized spacial score (nSPS) is 23.2. The molecule has 2 saturated heterocycles. The summed E-state index contributed by atoms with van der Waals surface area (Å²) in [6.07, 6.45) is -8.84. The van der Waals surface area contributed by atoms with Crippen LogP contribution in [0.2, 0.25) is 0 Å². The zero-order valence-electron chi connectivity index (χ0n) is 56.3. The molecule has 0 bridgehead atoms. The number of ether oxygens (including phenoxy) is 12. The van der Waals surface area contributed by atoms with E-state index in [4.69, 9.17) is 80.0 Å². The molecule has 6 aromatic rings. The van der Waals surface area contributed by atoms with E-state index in [1.807, 2.05) is 24.3 Å². The number of nitrogens with zero attached hydrogens (tertiary/aromatic N) is 3. The van der Waals surface area contributed by atoms with Gasteiger partial charge in [0.2, 0.25) is 12.6 Å². The van der Waals surface area contributed by atoms with Gasteiger partial charge in [0.15, 0.2) is 6.29 Å². The number of amides is 3. The third-order valence-corrected chi connectivity index (χ3v) is 18.3. The number of nitrogens with one attached hydrogen (secondary N) is 1. The van der Waals surface area contributed by atoms with Crippen molar-refractivity contribution < 1.29 is 117 Å². The predicted molar refractivity (Wildman–Crippen MR) is 376 cm³/mol. The van der Waals surface area contributed by atoms with Crippen LogP contribution < -0.4 is 29.3 Å². The molecule has 0 spiro atoms. The number of aldehydes is 1. The van der Waals surface area contributed by atoms with Crippen LogP contribution in [0.3, 0.4) is 0 Å². The summed E-state index contributed by atoms with van der Waals surface area (Å²) >= 11 is 13.2. The summed E-state index contributed by atoms with van der Waals surface area (Å²) in [6.45, 7) is 3.94. The Labute approximate surface area is 603 Å². The van der Waals surface area contributed by atoms with E-state index in [-0.39, 0.29) is 99.2 Å². The molecule has 0 aliphatic carbocycles. The number of alkyl halides is 2. The van der Waals surface area contributed by atoms with Crippen molar-refractivity contribution >= 4 is 92.3 Å². The maximum absolute atomic E-state index is 14.6. The molecule has 9 N–H and O–H groups in total. The van der Waals surface area contributed by atoms with Gasteiger partial charge in [-0.2, -0.15) is 0 Å². The van der Waals surface area contributed by atoms with Gasteiger partial charge in [-0.15, -0.1) is 23.2 Å². The van der Waals surface area contributed by atoms with Gasteiger partial charge in [-0.05, 0) is 57.8 Å². The molecule has 2 fully saturated rings. The molecular weight excluding hydrogens is 1390 g/mol. The number of anilines is 2. The van der Waals surface area contributed by atoms with Crippen molar-refractivity contribution in [3.05, 3.63) is 143 Å². The Morgan fingerprint density at radius 3 is 1.39 bits per heavy atom. The van der Waals surface area contributed by atoms with Crippen molar-refractivity contribution in [1.82, 2.24) is 10.3 Å². The average Bonchev–Trinajstić information content (AvgIpc) is 1.62. The van der Waals surface area contributed by atoms with Gasteiger partial charge in [0.25, 0.3) is 17.7 Å². The molecule has 1 aromatic heterocycles. The van der Waals surface area contributed by atoms with Gasteiger partial charge in [-0.1, -0.05) is 66.7 Å². The second-order valence-electron chi connectivity index (χ2n) is 24.4. The third-order valence-electron chi connectivity index (χ3n) is 17.6. The van der Waals surface area contributed by atoms with E-state index >= 15 is 0 Å².